The molecule has 1 amide bonds. The number of H-pyrrole nitrogens is 1. The molecule has 0 radical (unpaired) electrons. The van der Waals surface area contributed by atoms with Crippen LogP contribution in [0.2, 0.25) is 5.02 Å². The molecule has 176 valence electrons. The normalized spacial score (nSPS) is 13.4. The minimum atomic E-state index is -0.272. The summed E-state index contributed by atoms with van der Waals surface area (Å²) in [6, 6.07) is 6.49. The van der Waals surface area contributed by atoms with E-state index in [1.807, 2.05) is 18.0 Å². The first kappa shape index (κ1) is 22.8. The van der Waals surface area contributed by atoms with E-state index in [2.05, 4.69) is 15.0 Å². The molecule has 9 heteroatoms. The Labute approximate surface area is 205 Å². The van der Waals surface area contributed by atoms with E-state index in [0.29, 0.717) is 52.5 Å². The Bertz CT molecular complexity index is 1360. The quantitative estimate of drug-likeness (QED) is 0.329. The summed E-state index contributed by atoms with van der Waals surface area (Å²) in [4.78, 5) is 28.3. The number of hydrogen-bond acceptors (Lipinski definition) is 5. The van der Waals surface area contributed by atoms with Gasteiger partial charge in [0, 0.05) is 41.9 Å². The number of aryl methyl sites for hydroxylation is 1. The minimum absolute atomic E-state index is 0.121. The average Bonchev–Trinajstić information content (AvgIpc) is 3.44. The van der Waals surface area contributed by atoms with Crippen LogP contribution in [0, 0.1) is 18.7 Å². The van der Waals surface area contributed by atoms with Crippen molar-refractivity contribution in [1.29, 1.82) is 0 Å². The molecule has 1 saturated carbocycles. The number of thiazole rings is 1. The van der Waals surface area contributed by atoms with E-state index in [1.54, 1.807) is 18.3 Å². The maximum absolute atomic E-state index is 13.8. The fourth-order valence-electron chi connectivity index (χ4n) is 4.15. The van der Waals surface area contributed by atoms with Crippen LogP contribution in [-0.4, -0.2) is 46.0 Å². The van der Waals surface area contributed by atoms with Gasteiger partial charge >= 0.3 is 0 Å². The Kier molecular flexibility index (Phi) is 6.27. The second-order valence-corrected chi connectivity index (χ2v) is 10.1. The summed E-state index contributed by atoms with van der Waals surface area (Å²) in [5.74, 6) is 0.429. The number of halogens is 2. The number of pyridine rings is 1. The first-order valence-corrected chi connectivity index (χ1v) is 12.3. The van der Waals surface area contributed by atoms with Gasteiger partial charge in [0.15, 0.2) is 0 Å². The van der Waals surface area contributed by atoms with Gasteiger partial charge in [-0.25, -0.2) is 14.4 Å². The number of rotatable bonds is 8. The summed E-state index contributed by atoms with van der Waals surface area (Å²) in [7, 11) is 1.51. The highest BCUT2D eigenvalue weighted by molar-refractivity contribution is 7.15. The van der Waals surface area contributed by atoms with Gasteiger partial charge in [0.1, 0.15) is 16.5 Å². The predicted octanol–water partition coefficient (Wildman–Crippen LogP) is 5.89. The van der Waals surface area contributed by atoms with E-state index < -0.39 is 0 Å². The Morgan fingerprint density at radius 3 is 2.94 bits per heavy atom. The number of aromatic nitrogens is 3. The van der Waals surface area contributed by atoms with Crippen LogP contribution < -0.4 is 4.74 Å². The molecule has 5 rings (SSSR count). The molecule has 3 heterocycles. The van der Waals surface area contributed by atoms with Crippen molar-refractivity contribution in [3.63, 3.8) is 0 Å². The monoisotopic (exact) mass is 498 g/mol. The maximum Gasteiger partial charge on any atom is 0.274 e. The van der Waals surface area contributed by atoms with Crippen molar-refractivity contribution in [3.8, 4) is 16.3 Å². The number of hydrogen-bond donors (Lipinski definition) is 1. The lowest BCUT2D eigenvalue weighted by Crippen LogP contribution is -2.35. The highest BCUT2D eigenvalue weighted by Gasteiger charge is 2.30. The second kappa shape index (κ2) is 9.35. The van der Waals surface area contributed by atoms with Crippen molar-refractivity contribution in [1.82, 2.24) is 19.9 Å². The van der Waals surface area contributed by atoms with Crippen molar-refractivity contribution in [2.75, 3.05) is 20.2 Å². The van der Waals surface area contributed by atoms with Gasteiger partial charge in [-0.1, -0.05) is 11.6 Å². The molecule has 0 saturated heterocycles. The topological polar surface area (TPSA) is 71.1 Å². The standard InChI is InChI=1S/C25H24ClFN4O2S/c1-14-30-22(23(34-14)18-7-9-28-24(33-2)21(18)26)25(32)31(13-15-3-4-15)10-8-16-12-29-20-6-5-17(27)11-19(16)20/h5-7,9,11-12,15,29H,3-4,8,10,13H2,1-2H3. The van der Waals surface area contributed by atoms with Gasteiger partial charge in [-0.05, 0) is 61.9 Å². The van der Waals surface area contributed by atoms with Gasteiger partial charge in [-0.15, -0.1) is 11.3 Å². The molecule has 1 aromatic carbocycles. The zero-order valence-electron chi connectivity index (χ0n) is 18.9. The molecule has 1 N–H and O–H groups in total. The zero-order chi connectivity index (χ0) is 23.8. The lowest BCUT2D eigenvalue weighted by atomic mass is 10.1. The van der Waals surface area contributed by atoms with Crippen molar-refractivity contribution in [2.24, 2.45) is 5.92 Å². The number of methoxy groups -OCH3 is 1. The van der Waals surface area contributed by atoms with Crippen LogP contribution in [0.4, 0.5) is 4.39 Å². The van der Waals surface area contributed by atoms with Crippen LogP contribution in [0.1, 0.15) is 33.9 Å². The predicted molar refractivity (Wildman–Crippen MR) is 132 cm³/mol. The number of fused-ring (bicyclic) bond motifs is 1. The lowest BCUT2D eigenvalue weighted by molar-refractivity contribution is 0.0745. The second-order valence-electron chi connectivity index (χ2n) is 8.54. The van der Waals surface area contributed by atoms with E-state index in [9.17, 15) is 9.18 Å². The fraction of sp³-hybridized carbons (Fsp3) is 0.320. The van der Waals surface area contributed by atoms with Gasteiger partial charge in [0.2, 0.25) is 5.88 Å². The third-order valence-corrected chi connectivity index (χ3v) is 7.44. The molecule has 1 fully saturated rings. The molecule has 3 aromatic heterocycles. The van der Waals surface area contributed by atoms with Crippen LogP contribution in [0.5, 0.6) is 5.88 Å². The van der Waals surface area contributed by atoms with Gasteiger partial charge in [0.25, 0.3) is 5.91 Å². The van der Waals surface area contributed by atoms with Crippen LogP contribution in [0.25, 0.3) is 21.3 Å². The van der Waals surface area contributed by atoms with E-state index in [0.717, 1.165) is 34.3 Å². The van der Waals surface area contributed by atoms with Crippen LogP contribution >= 0.6 is 22.9 Å². The van der Waals surface area contributed by atoms with E-state index in [-0.39, 0.29) is 11.7 Å². The fourth-order valence-corrected chi connectivity index (χ4v) is 5.43. The maximum atomic E-state index is 13.8. The summed E-state index contributed by atoms with van der Waals surface area (Å²) >= 11 is 7.96. The summed E-state index contributed by atoms with van der Waals surface area (Å²) in [6.45, 7) is 3.07. The van der Waals surface area contributed by atoms with Gasteiger partial charge < -0.3 is 14.6 Å². The molecule has 6 nitrogen and oxygen atoms in total. The number of nitrogens with zero attached hydrogens (tertiary/aromatic N) is 3. The smallest absolute Gasteiger partial charge is 0.274 e. The molecule has 1 aliphatic rings. The molecule has 0 aliphatic heterocycles. The SMILES string of the molecule is COc1nccc(-c2sc(C)nc2C(=O)N(CCc2c[nH]c3ccc(F)cc23)CC2CC2)c1Cl. The van der Waals surface area contributed by atoms with Crippen LogP contribution in [-0.2, 0) is 6.42 Å². The average molecular weight is 499 g/mol. The third-order valence-electron chi connectivity index (χ3n) is 6.08. The van der Waals surface area contributed by atoms with E-state index in [1.165, 1.54) is 30.6 Å². The van der Waals surface area contributed by atoms with Gasteiger partial charge in [0.05, 0.1) is 17.0 Å². The van der Waals surface area contributed by atoms with Crippen molar-refractivity contribution in [3.05, 3.63) is 63.8 Å². The Hall–Kier alpha value is -2.97. The summed E-state index contributed by atoms with van der Waals surface area (Å²) in [5, 5.41) is 1.99. The van der Waals surface area contributed by atoms with Gasteiger partial charge in [-0.3, -0.25) is 4.79 Å². The lowest BCUT2D eigenvalue weighted by Gasteiger charge is -2.22. The van der Waals surface area contributed by atoms with E-state index in [4.69, 9.17) is 16.3 Å². The Balaban J connectivity index is 1.44. The molecular weight excluding hydrogens is 475 g/mol. The highest BCUT2D eigenvalue weighted by atomic mass is 35.5. The first-order chi connectivity index (χ1) is 16.4. The van der Waals surface area contributed by atoms with Crippen molar-refractivity contribution in [2.45, 2.75) is 26.2 Å². The molecule has 0 unspecified atom stereocenters. The number of aromatic amines is 1. The van der Waals surface area contributed by atoms with Crippen molar-refractivity contribution < 1.29 is 13.9 Å². The minimum Gasteiger partial charge on any atom is -0.480 e. The summed E-state index contributed by atoms with van der Waals surface area (Å²) < 4.78 is 19.1. The molecule has 0 bridgehead atoms. The highest BCUT2D eigenvalue weighted by Crippen LogP contribution is 2.39. The largest absolute Gasteiger partial charge is 0.480 e. The Morgan fingerprint density at radius 1 is 1.35 bits per heavy atom. The Morgan fingerprint density at radius 2 is 2.18 bits per heavy atom. The number of carbonyl (C=O) groups is 1. The molecule has 4 aromatic rings. The van der Waals surface area contributed by atoms with Gasteiger partial charge in [-0.2, -0.15) is 0 Å². The molecule has 0 atom stereocenters. The summed E-state index contributed by atoms with van der Waals surface area (Å²) in [5.41, 5.74) is 2.94. The molecule has 34 heavy (non-hydrogen) atoms. The number of carbonyl (C=O) groups excluding carboxylic acids is 1. The number of nitrogens with one attached hydrogen (secondary N) is 1. The zero-order valence-corrected chi connectivity index (χ0v) is 20.5. The molecule has 0 spiro atoms. The first-order valence-electron chi connectivity index (χ1n) is 11.2. The number of ether oxygens (including phenoxy) is 1. The number of benzene rings is 1. The summed E-state index contributed by atoms with van der Waals surface area (Å²) in [6.07, 6.45) is 6.37. The van der Waals surface area contributed by atoms with E-state index >= 15 is 0 Å². The van der Waals surface area contributed by atoms with Crippen LogP contribution in [0.3, 0.4) is 0 Å². The molecule has 1 aliphatic carbocycles. The van der Waals surface area contributed by atoms with Crippen molar-refractivity contribution >= 4 is 39.7 Å². The molecular formula is C25H24ClFN4O2S. The van der Waals surface area contributed by atoms with Crippen LogP contribution in [0.15, 0.2) is 36.7 Å². The third kappa shape index (κ3) is 4.52. The number of amides is 1.